The number of halogens is 3. The zero-order chi connectivity index (χ0) is 28.8. The Hall–Kier alpha value is -3.28. The van der Waals surface area contributed by atoms with Gasteiger partial charge in [-0.2, -0.15) is 13.2 Å². The summed E-state index contributed by atoms with van der Waals surface area (Å²) in [6.07, 6.45) is -7.29. The summed E-state index contributed by atoms with van der Waals surface area (Å²) < 4.78 is 44.9. The second-order valence-electron chi connectivity index (χ2n) is 10.1. The van der Waals surface area contributed by atoms with Crippen LogP contribution in [0.4, 0.5) is 13.2 Å². The van der Waals surface area contributed by atoms with E-state index in [4.69, 9.17) is 10.5 Å². The molecule has 0 aromatic heterocycles. The van der Waals surface area contributed by atoms with E-state index in [1.807, 2.05) is 30.3 Å². The van der Waals surface area contributed by atoms with Gasteiger partial charge in [0.15, 0.2) is 17.4 Å². The number of aliphatic hydroxyl groups excluding tert-OH is 1. The molecule has 1 aliphatic rings. The lowest BCUT2D eigenvalue weighted by molar-refractivity contribution is -0.215. The standard InChI is InChI=1S/C28H34F3N3O5/c1-17(2)22(24(36)28(29,30)31)34-26(38)27(12-7-13-33-27)23(35)21(32)15-19-10-6-11-20(14-19)25(37)39-16-18-8-4-3-5-9-18/h3-6,8-11,14,17,21-22,24,33,36H,7,12-13,15-16,32H2,1-2H3,(H,34,38)/t21-,22?,24?,27-/m0/s1. The van der Waals surface area contributed by atoms with E-state index in [0.29, 0.717) is 18.5 Å². The molecule has 2 unspecified atom stereocenters. The quantitative estimate of drug-likeness (QED) is 0.250. The molecule has 0 saturated carbocycles. The molecular formula is C28H34F3N3O5. The van der Waals surface area contributed by atoms with Crippen LogP contribution in [0.5, 0.6) is 0 Å². The van der Waals surface area contributed by atoms with E-state index in [0.717, 1.165) is 5.56 Å². The van der Waals surface area contributed by atoms with E-state index in [1.54, 1.807) is 24.3 Å². The summed E-state index contributed by atoms with van der Waals surface area (Å²) in [7, 11) is 0. The summed E-state index contributed by atoms with van der Waals surface area (Å²) in [5.41, 5.74) is 6.02. The number of carbonyl (C=O) groups excluding carboxylic acids is 3. The van der Waals surface area contributed by atoms with Crippen LogP contribution >= 0.6 is 0 Å². The van der Waals surface area contributed by atoms with Gasteiger partial charge in [-0.3, -0.25) is 14.9 Å². The first-order valence-corrected chi connectivity index (χ1v) is 12.8. The van der Waals surface area contributed by atoms with Crippen molar-refractivity contribution in [3.05, 3.63) is 71.3 Å². The maximum atomic E-state index is 13.5. The minimum Gasteiger partial charge on any atom is -0.457 e. The number of amides is 1. The van der Waals surface area contributed by atoms with E-state index < -0.39 is 53.5 Å². The van der Waals surface area contributed by atoms with E-state index >= 15 is 0 Å². The van der Waals surface area contributed by atoms with Gasteiger partial charge in [-0.1, -0.05) is 56.3 Å². The second-order valence-corrected chi connectivity index (χ2v) is 10.1. The molecule has 4 atom stereocenters. The van der Waals surface area contributed by atoms with Gasteiger partial charge in [-0.25, -0.2) is 4.79 Å². The van der Waals surface area contributed by atoms with Crippen LogP contribution in [0.2, 0.25) is 0 Å². The number of esters is 1. The first-order chi connectivity index (χ1) is 18.3. The molecule has 1 amide bonds. The second kappa shape index (κ2) is 12.7. The summed E-state index contributed by atoms with van der Waals surface area (Å²) in [6, 6.07) is 12.7. The molecule has 1 saturated heterocycles. The zero-order valence-corrected chi connectivity index (χ0v) is 21.8. The zero-order valence-electron chi connectivity index (χ0n) is 21.8. The largest absolute Gasteiger partial charge is 0.457 e. The lowest BCUT2D eigenvalue weighted by Gasteiger charge is -2.34. The van der Waals surface area contributed by atoms with Crippen LogP contribution in [0.1, 0.15) is 48.2 Å². The molecule has 1 aliphatic heterocycles. The van der Waals surface area contributed by atoms with Crippen LogP contribution in [0.15, 0.2) is 54.6 Å². The fraction of sp³-hybridized carbons (Fsp3) is 0.464. The average molecular weight is 550 g/mol. The Morgan fingerprint density at radius 3 is 2.36 bits per heavy atom. The van der Waals surface area contributed by atoms with Crippen molar-refractivity contribution in [3.8, 4) is 0 Å². The number of alkyl halides is 3. The van der Waals surface area contributed by atoms with E-state index in [1.165, 1.54) is 13.8 Å². The third-order valence-electron chi connectivity index (χ3n) is 6.82. The van der Waals surface area contributed by atoms with Gasteiger partial charge in [0.25, 0.3) is 0 Å². The fourth-order valence-electron chi connectivity index (χ4n) is 4.64. The highest BCUT2D eigenvalue weighted by molar-refractivity contribution is 6.13. The molecule has 1 fully saturated rings. The topological polar surface area (TPSA) is 131 Å². The van der Waals surface area contributed by atoms with Crippen LogP contribution in [-0.4, -0.2) is 59.2 Å². The number of benzene rings is 2. The molecule has 2 aromatic carbocycles. The number of carbonyl (C=O) groups is 3. The van der Waals surface area contributed by atoms with Gasteiger partial charge >= 0.3 is 12.1 Å². The lowest BCUT2D eigenvalue weighted by Crippen LogP contribution is -2.66. The van der Waals surface area contributed by atoms with Crippen LogP contribution in [0.25, 0.3) is 0 Å². The maximum absolute atomic E-state index is 13.5. The van der Waals surface area contributed by atoms with Gasteiger partial charge in [0.1, 0.15) is 6.61 Å². The van der Waals surface area contributed by atoms with Gasteiger partial charge in [0, 0.05) is 0 Å². The number of ketones is 1. The third-order valence-corrected chi connectivity index (χ3v) is 6.82. The van der Waals surface area contributed by atoms with E-state index in [9.17, 15) is 32.7 Å². The van der Waals surface area contributed by atoms with E-state index in [2.05, 4.69) is 10.6 Å². The highest BCUT2D eigenvalue weighted by atomic mass is 19.4. The van der Waals surface area contributed by atoms with Crippen molar-refractivity contribution in [1.29, 1.82) is 0 Å². The van der Waals surface area contributed by atoms with Crippen molar-refractivity contribution in [2.75, 3.05) is 6.54 Å². The van der Waals surface area contributed by atoms with Gasteiger partial charge < -0.3 is 20.9 Å². The third kappa shape index (κ3) is 7.43. The Morgan fingerprint density at radius 1 is 1.10 bits per heavy atom. The first-order valence-electron chi connectivity index (χ1n) is 12.8. The summed E-state index contributed by atoms with van der Waals surface area (Å²) in [4.78, 5) is 39.3. The normalized spacial score (nSPS) is 19.8. The fourth-order valence-corrected chi connectivity index (χ4v) is 4.64. The van der Waals surface area contributed by atoms with Crippen molar-refractivity contribution in [3.63, 3.8) is 0 Å². The van der Waals surface area contributed by atoms with Crippen LogP contribution < -0.4 is 16.4 Å². The van der Waals surface area contributed by atoms with Crippen LogP contribution in [-0.2, 0) is 27.4 Å². The SMILES string of the molecule is CC(C)C(NC(=O)[C@@]1(C(=O)[C@@H](N)Cc2cccc(C(=O)OCc3ccccc3)c2)CCCN1)C(O)C(F)(F)F. The molecule has 39 heavy (non-hydrogen) atoms. The molecule has 2 aromatic rings. The molecule has 5 N–H and O–H groups in total. The minimum atomic E-state index is -4.95. The summed E-state index contributed by atoms with van der Waals surface area (Å²) in [5.74, 6) is -2.96. The Kier molecular flexibility index (Phi) is 9.87. The number of nitrogens with two attached hydrogens (primary N) is 1. The summed E-state index contributed by atoms with van der Waals surface area (Å²) in [6.45, 7) is 3.24. The summed E-state index contributed by atoms with van der Waals surface area (Å²) >= 11 is 0. The van der Waals surface area contributed by atoms with Crippen molar-refractivity contribution >= 4 is 17.7 Å². The highest BCUT2D eigenvalue weighted by Crippen LogP contribution is 2.28. The average Bonchev–Trinajstić information content (AvgIpc) is 3.40. The smallest absolute Gasteiger partial charge is 0.416 e. The molecule has 8 nitrogen and oxygen atoms in total. The molecule has 0 aliphatic carbocycles. The Bertz CT molecular complexity index is 1150. The number of nitrogens with one attached hydrogen (secondary N) is 2. The predicted octanol–water partition coefficient (Wildman–Crippen LogP) is 2.67. The van der Waals surface area contributed by atoms with Crippen LogP contribution in [0, 0.1) is 5.92 Å². The molecule has 11 heteroatoms. The first kappa shape index (κ1) is 30.3. The molecule has 0 bridgehead atoms. The lowest BCUT2D eigenvalue weighted by atomic mass is 9.84. The monoisotopic (exact) mass is 549 g/mol. The van der Waals surface area contributed by atoms with Gasteiger partial charge in [0.2, 0.25) is 5.91 Å². The Labute approximate surface area is 225 Å². The number of hydrogen-bond donors (Lipinski definition) is 4. The van der Waals surface area contributed by atoms with Gasteiger partial charge in [0.05, 0.1) is 17.6 Å². The number of aliphatic hydroxyl groups is 1. The van der Waals surface area contributed by atoms with Crippen molar-refractivity contribution in [2.45, 2.75) is 69.6 Å². The van der Waals surface area contributed by atoms with Crippen molar-refractivity contribution in [1.82, 2.24) is 10.6 Å². The van der Waals surface area contributed by atoms with Crippen molar-refractivity contribution < 1.29 is 37.4 Å². The van der Waals surface area contributed by atoms with Gasteiger partial charge in [-0.05, 0) is 55.0 Å². The minimum absolute atomic E-state index is 0.0197. The molecule has 0 spiro atoms. The number of Topliss-reactive ketones (excluding diaryl/α,β-unsaturated/α-hetero) is 1. The molecule has 0 radical (unpaired) electrons. The Morgan fingerprint density at radius 2 is 1.77 bits per heavy atom. The highest BCUT2D eigenvalue weighted by Gasteiger charge is 2.52. The van der Waals surface area contributed by atoms with E-state index in [-0.39, 0.29) is 25.0 Å². The molecule has 3 rings (SSSR count). The molecular weight excluding hydrogens is 515 g/mol. The maximum Gasteiger partial charge on any atom is 0.416 e. The van der Waals surface area contributed by atoms with Gasteiger partial charge in [-0.15, -0.1) is 0 Å². The van der Waals surface area contributed by atoms with Crippen LogP contribution in [0.3, 0.4) is 0 Å². The number of ether oxygens (including phenoxy) is 1. The molecule has 212 valence electrons. The predicted molar refractivity (Wildman–Crippen MR) is 137 cm³/mol. The number of hydrogen-bond acceptors (Lipinski definition) is 7. The number of rotatable bonds is 11. The summed E-state index contributed by atoms with van der Waals surface area (Å²) in [5, 5.41) is 14.9. The van der Waals surface area contributed by atoms with Crippen molar-refractivity contribution in [2.24, 2.45) is 11.7 Å². The Balaban J connectivity index is 1.71. The molecule has 1 heterocycles.